The Morgan fingerprint density at radius 2 is 1.73 bits per heavy atom. The van der Waals surface area contributed by atoms with E-state index in [9.17, 15) is 14.4 Å². The summed E-state index contributed by atoms with van der Waals surface area (Å²) in [5.41, 5.74) is 2.46. The summed E-state index contributed by atoms with van der Waals surface area (Å²) in [4.78, 5) is 40.0. The van der Waals surface area contributed by atoms with Crippen LogP contribution in [0.4, 0.5) is 0 Å². The molecule has 1 aromatic rings. The lowest BCUT2D eigenvalue weighted by molar-refractivity contribution is -0.151. The number of benzene rings is 1. The molecule has 3 rings (SSSR count). The molecule has 3 atom stereocenters. The molecule has 0 bridgehead atoms. The van der Waals surface area contributed by atoms with Gasteiger partial charge in [0.1, 0.15) is 12.5 Å². The largest absolute Gasteiger partial charge is 0.493 e. The van der Waals surface area contributed by atoms with Crippen LogP contribution in [0.3, 0.4) is 0 Å². The zero-order chi connectivity index (χ0) is 27.3. The highest BCUT2D eigenvalue weighted by atomic mass is 32.2. The predicted molar refractivity (Wildman–Crippen MR) is 140 cm³/mol. The number of carbonyl (C=O) groups is 3. The highest BCUT2D eigenvalue weighted by Crippen LogP contribution is 2.49. The normalized spacial score (nSPS) is 21.2. The average Bonchev–Trinajstić information content (AvgIpc) is 2.88. The van der Waals surface area contributed by atoms with Crippen LogP contribution in [0.5, 0.6) is 17.2 Å². The number of methoxy groups -OCH3 is 4. The van der Waals surface area contributed by atoms with Crippen molar-refractivity contribution in [2.24, 2.45) is 11.8 Å². The number of allylic oxidation sites excluding steroid dienone is 3. The molecule has 0 aromatic heterocycles. The minimum Gasteiger partial charge on any atom is -0.493 e. The maximum Gasteiger partial charge on any atom is 0.336 e. The van der Waals surface area contributed by atoms with Crippen LogP contribution in [-0.4, -0.2) is 64.3 Å². The van der Waals surface area contributed by atoms with Crippen molar-refractivity contribution in [3.63, 3.8) is 0 Å². The highest BCUT2D eigenvalue weighted by molar-refractivity contribution is 7.99. The average molecular weight is 534 g/mol. The number of rotatable bonds is 10. The van der Waals surface area contributed by atoms with Crippen molar-refractivity contribution >= 4 is 29.5 Å². The van der Waals surface area contributed by atoms with E-state index in [0.717, 1.165) is 5.75 Å². The Hall–Kier alpha value is -3.14. The molecule has 1 aromatic carbocycles. The van der Waals surface area contributed by atoms with Crippen molar-refractivity contribution in [3.05, 3.63) is 40.2 Å². The minimum absolute atomic E-state index is 0.234. The molecule has 0 saturated carbocycles. The Morgan fingerprint density at radius 3 is 2.27 bits per heavy atom. The first-order valence-corrected chi connectivity index (χ1v) is 13.3. The molecule has 1 N–H and O–H groups in total. The third-order valence-corrected chi connectivity index (χ3v) is 7.51. The number of hydrogen-bond acceptors (Lipinski definition) is 10. The highest BCUT2D eigenvalue weighted by Gasteiger charge is 2.47. The number of carbonyl (C=O) groups excluding carboxylic acids is 3. The van der Waals surface area contributed by atoms with E-state index in [0.29, 0.717) is 57.5 Å². The van der Waals surface area contributed by atoms with E-state index >= 15 is 0 Å². The first kappa shape index (κ1) is 28.4. The maximum absolute atomic E-state index is 13.9. The molecule has 0 amide bonds. The summed E-state index contributed by atoms with van der Waals surface area (Å²) in [6, 6.07) is 3.43. The molecule has 37 heavy (non-hydrogen) atoms. The molecule has 2 aliphatic rings. The summed E-state index contributed by atoms with van der Waals surface area (Å²) in [7, 11) is 5.76. The van der Waals surface area contributed by atoms with Crippen LogP contribution in [0, 0.1) is 11.8 Å². The van der Waals surface area contributed by atoms with Gasteiger partial charge in [-0.2, -0.15) is 11.8 Å². The molecule has 1 aliphatic carbocycles. The predicted octanol–water partition coefficient (Wildman–Crippen LogP) is 3.62. The standard InChI is InChI=1S/C27H35NO8S/c1-8-37-10-9-36-27(31)21-15(3)28-17-11-14(2)20(26(30)35-7)24(29)23(17)22(21)16-12-18(32-4)25(34-6)19(13-16)33-5/h12-14,20,22,28H,8-11H2,1-7H3/t14-,20+,22-/m1/s1. The lowest BCUT2D eigenvalue weighted by atomic mass is 9.69. The molecule has 0 spiro atoms. The molecule has 0 unspecified atom stereocenters. The summed E-state index contributed by atoms with van der Waals surface area (Å²) in [5.74, 6) is -0.882. The molecule has 0 radical (unpaired) electrons. The molecule has 1 aliphatic heterocycles. The van der Waals surface area contributed by atoms with E-state index in [1.54, 1.807) is 30.8 Å². The van der Waals surface area contributed by atoms with Gasteiger partial charge in [0.2, 0.25) is 5.75 Å². The second-order valence-electron chi connectivity index (χ2n) is 8.83. The summed E-state index contributed by atoms with van der Waals surface area (Å²) in [5, 5.41) is 3.26. The topological polar surface area (TPSA) is 109 Å². The van der Waals surface area contributed by atoms with Gasteiger partial charge in [-0.05, 0) is 42.7 Å². The van der Waals surface area contributed by atoms with Gasteiger partial charge in [-0.3, -0.25) is 9.59 Å². The van der Waals surface area contributed by atoms with Crippen molar-refractivity contribution in [3.8, 4) is 17.2 Å². The van der Waals surface area contributed by atoms with E-state index in [4.69, 9.17) is 23.7 Å². The van der Waals surface area contributed by atoms with Gasteiger partial charge in [-0.1, -0.05) is 13.8 Å². The minimum atomic E-state index is -0.980. The zero-order valence-corrected chi connectivity index (χ0v) is 23.2. The van der Waals surface area contributed by atoms with Crippen LogP contribution in [-0.2, 0) is 23.9 Å². The number of hydrogen-bond donors (Lipinski definition) is 1. The van der Waals surface area contributed by atoms with Crippen molar-refractivity contribution in [1.82, 2.24) is 5.32 Å². The summed E-state index contributed by atoms with van der Waals surface area (Å²) in [6.07, 6.45) is 0.439. The van der Waals surface area contributed by atoms with Crippen molar-refractivity contribution < 1.29 is 38.1 Å². The van der Waals surface area contributed by atoms with Crippen molar-refractivity contribution in [1.29, 1.82) is 0 Å². The van der Waals surface area contributed by atoms with Crippen LogP contribution in [0.2, 0.25) is 0 Å². The molecule has 9 nitrogen and oxygen atoms in total. The molecular weight excluding hydrogens is 498 g/mol. The summed E-state index contributed by atoms with van der Waals surface area (Å²) in [6.45, 7) is 5.89. The first-order valence-electron chi connectivity index (χ1n) is 12.1. The molecule has 0 saturated heterocycles. The van der Waals surface area contributed by atoms with Crippen LogP contribution >= 0.6 is 11.8 Å². The quantitative estimate of drug-likeness (QED) is 0.272. The third kappa shape index (κ3) is 5.58. The van der Waals surface area contributed by atoms with Crippen LogP contribution in [0.1, 0.15) is 38.7 Å². The van der Waals surface area contributed by atoms with Gasteiger partial charge < -0.3 is 29.0 Å². The lowest BCUT2D eigenvalue weighted by Crippen LogP contribution is -2.43. The van der Waals surface area contributed by atoms with E-state index in [2.05, 4.69) is 5.32 Å². The molecule has 1 heterocycles. The van der Waals surface area contributed by atoms with Crippen molar-refractivity contribution in [2.75, 3.05) is 46.6 Å². The zero-order valence-electron chi connectivity index (χ0n) is 22.4. The Kier molecular flexibility index (Phi) is 9.53. The summed E-state index contributed by atoms with van der Waals surface area (Å²) >= 11 is 1.66. The second kappa shape index (κ2) is 12.4. The number of esters is 2. The van der Waals surface area contributed by atoms with Crippen molar-refractivity contribution in [2.45, 2.75) is 33.1 Å². The third-order valence-electron chi connectivity index (χ3n) is 6.65. The number of nitrogens with one attached hydrogen (secondary N) is 1. The Bertz CT molecular complexity index is 1100. The number of thioether (sulfide) groups is 1. The van der Waals surface area contributed by atoms with Gasteiger partial charge in [0.25, 0.3) is 0 Å². The number of Topliss-reactive ketones (excluding diaryl/α,β-unsaturated/α-hetero) is 1. The van der Waals surface area contributed by atoms with Gasteiger partial charge in [-0.25, -0.2) is 4.79 Å². The van der Waals surface area contributed by atoms with E-state index in [1.165, 1.54) is 28.4 Å². The van der Waals surface area contributed by atoms with Crippen LogP contribution in [0.25, 0.3) is 0 Å². The van der Waals surface area contributed by atoms with Crippen LogP contribution in [0.15, 0.2) is 34.7 Å². The Labute approximate surface area is 221 Å². The van der Waals surface area contributed by atoms with Crippen LogP contribution < -0.4 is 19.5 Å². The Morgan fingerprint density at radius 1 is 1.08 bits per heavy atom. The second-order valence-corrected chi connectivity index (χ2v) is 10.2. The molecule has 202 valence electrons. The fourth-order valence-electron chi connectivity index (χ4n) is 4.97. The number of ketones is 1. The van der Waals surface area contributed by atoms with E-state index in [-0.39, 0.29) is 18.3 Å². The Balaban J connectivity index is 2.21. The van der Waals surface area contributed by atoms with Gasteiger partial charge in [-0.15, -0.1) is 0 Å². The number of dihydropyridines is 1. The lowest BCUT2D eigenvalue weighted by Gasteiger charge is -2.38. The molecular formula is C27H35NO8S. The van der Waals surface area contributed by atoms with Gasteiger partial charge >= 0.3 is 11.9 Å². The monoisotopic (exact) mass is 533 g/mol. The van der Waals surface area contributed by atoms with E-state index < -0.39 is 23.8 Å². The van der Waals surface area contributed by atoms with E-state index in [1.807, 2.05) is 13.8 Å². The SMILES string of the molecule is CCSCCOC(=O)C1=C(C)NC2=C(C(=O)[C@@H](C(=O)OC)[C@H](C)C2)[C@@H]1c1cc(OC)c(OC)c(OC)c1. The van der Waals surface area contributed by atoms with Gasteiger partial charge in [0, 0.05) is 28.6 Å². The summed E-state index contributed by atoms with van der Waals surface area (Å²) < 4.78 is 27.2. The molecule has 0 fully saturated rings. The first-order chi connectivity index (χ1) is 17.7. The van der Waals surface area contributed by atoms with Gasteiger partial charge in [0.05, 0.1) is 34.0 Å². The maximum atomic E-state index is 13.9. The fraction of sp³-hybridized carbons (Fsp3) is 0.519. The van der Waals surface area contributed by atoms with Gasteiger partial charge in [0.15, 0.2) is 17.3 Å². The molecule has 10 heteroatoms. The number of ether oxygens (including phenoxy) is 5. The fourth-order valence-corrected chi connectivity index (χ4v) is 5.46. The smallest absolute Gasteiger partial charge is 0.336 e.